The summed E-state index contributed by atoms with van der Waals surface area (Å²) < 4.78 is 2.17. The average Bonchev–Trinajstić information content (AvgIpc) is 3.20. The van der Waals surface area contributed by atoms with Gasteiger partial charge in [0.2, 0.25) is 0 Å². The molecule has 4 aromatic rings. The van der Waals surface area contributed by atoms with Crippen LogP contribution in [0.15, 0.2) is 48.5 Å². The van der Waals surface area contributed by atoms with E-state index in [1.54, 1.807) is 0 Å². The van der Waals surface area contributed by atoms with E-state index < -0.39 is 0 Å². The van der Waals surface area contributed by atoms with Gasteiger partial charge < -0.3 is 5.32 Å². The number of anilines is 1. The molecular formula is C29H34N4. The van der Waals surface area contributed by atoms with Crippen LogP contribution in [-0.4, -0.2) is 15.9 Å². The summed E-state index contributed by atoms with van der Waals surface area (Å²) in [7, 11) is 0. The molecular weight excluding hydrogens is 404 g/mol. The highest BCUT2D eigenvalue weighted by Crippen LogP contribution is 2.32. The van der Waals surface area contributed by atoms with Crippen molar-refractivity contribution < 1.29 is 0 Å². The van der Waals surface area contributed by atoms with E-state index in [1.807, 2.05) is 18.2 Å². The fourth-order valence-corrected chi connectivity index (χ4v) is 4.61. The number of benzene rings is 2. The van der Waals surface area contributed by atoms with Crippen LogP contribution in [0.1, 0.15) is 73.3 Å². The number of nitrogens with one attached hydrogen (secondary N) is 1. The van der Waals surface area contributed by atoms with Crippen LogP contribution in [0, 0.1) is 25.2 Å². The van der Waals surface area contributed by atoms with Gasteiger partial charge in [-0.3, -0.25) is 4.40 Å². The van der Waals surface area contributed by atoms with Gasteiger partial charge in [-0.2, -0.15) is 5.26 Å². The van der Waals surface area contributed by atoms with Gasteiger partial charge in [0.05, 0.1) is 16.6 Å². The lowest BCUT2D eigenvalue weighted by Gasteiger charge is -2.19. The Morgan fingerprint density at radius 1 is 0.939 bits per heavy atom. The van der Waals surface area contributed by atoms with Gasteiger partial charge in [-0.15, -0.1) is 0 Å². The summed E-state index contributed by atoms with van der Waals surface area (Å²) in [5.74, 6) is 1.07. The summed E-state index contributed by atoms with van der Waals surface area (Å²) >= 11 is 0. The third kappa shape index (κ3) is 4.88. The average molecular weight is 439 g/mol. The van der Waals surface area contributed by atoms with Gasteiger partial charge in [0.15, 0.2) is 5.65 Å². The Kier molecular flexibility index (Phi) is 7.29. The number of nitriles is 1. The molecule has 4 heteroatoms. The smallest absolute Gasteiger partial charge is 0.157 e. The van der Waals surface area contributed by atoms with Gasteiger partial charge in [-0.05, 0) is 43.5 Å². The topological polar surface area (TPSA) is 53.1 Å². The van der Waals surface area contributed by atoms with Crippen molar-refractivity contribution in [2.24, 2.45) is 0 Å². The summed E-state index contributed by atoms with van der Waals surface area (Å²) in [5, 5.41) is 13.8. The molecule has 0 unspecified atom stereocenters. The van der Waals surface area contributed by atoms with Crippen LogP contribution in [0.5, 0.6) is 0 Å². The lowest BCUT2D eigenvalue weighted by molar-refractivity contribution is 0.616. The van der Waals surface area contributed by atoms with Crippen molar-refractivity contribution in [3.05, 3.63) is 76.3 Å². The predicted octanol–water partition coefficient (Wildman–Crippen LogP) is 7.34. The molecule has 1 N–H and O–H groups in total. The first-order valence-corrected chi connectivity index (χ1v) is 12.3. The number of unbranched alkanes of at least 4 members (excludes halogenated alkanes) is 5. The van der Waals surface area contributed by atoms with E-state index in [0.717, 1.165) is 47.4 Å². The molecule has 0 saturated carbocycles. The monoisotopic (exact) mass is 438 g/mol. The third-order valence-electron chi connectivity index (χ3n) is 6.56. The standard InChI is InChI=1S/C29H34N4/c1-4-5-6-7-8-11-18-31-28-24(19-23-16-14-21(2)15-17-23)22(3)25(20-30)29-32-26-12-9-10-13-27(26)33(28)29/h9-10,12-17,31H,4-8,11,18-19H2,1-3H3. The second-order valence-electron chi connectivity index (χ2n) is 9.06. The van der Waals surface area contributed by atoms with Crippen molar-refractivity contribution in [2.45, 2.75) is 65.7 Å². The molecule has 2 aromatic heterocycles. The zero-order valence-corrected chi connectivity index (χ0v) is 20.1. The van der Waals surface area contributed by atoms with Crippen molar-refractivity contribution >= 4 is 22.5 Å². The van der Waals surface area contributed by atoms with E-state index in [1.165, 1.54) is 48.8 Å². The first-order valence-electron chi connectivity index (χ1n) is 12.3. The van der Waals surface area contributed by atoms with Gasteiger partial charge in [-0.1, -0.05) is 81.0 Å². The number of fused-ring (bicyclic) bond motifs is 3. The molecule has 4 nitrogen and oxygen atoms in total. The third-order valence-corrected chi connectivity index (χ3v) is 6.56. The molecule has 0 aliphatic heterocycles. The summed E-state index contributed by atoms with van der Waals surface area (Å²) in [6.45, 7) is 7.35. The molecule has 2 aromatic carbocycles. The fourth-order valence-electron chi connectivity index (χ4n) is 4.61. The van der Waals surface area contributed by atoms with Gasteiger partial charge >= 0.3 is 0 Å². The largest absolute Gasteiger partial charge is 0.371 e. The first kappa shape index (κ1) is 22.9. The lowest BCUT2D eigenvalue weighted by Crippen LogP contribution is -2.12. The highest BCUT2D eigenvalue weighted by Gasteiger charge is 2.20. The van der Waals surface area contributed by atoms with Crippen LogP contribution in [0.3, 0.4) is 0 Å². The Labute approximate surface area is 197 Å². The summed E-state index contributed by atoms with van der Waals surface area (Å²) in [6, 6.07) is 19.3. The maximum atomic E-state index is 10.1. The molecule has 0 bridgehead atoms. The molecule has 170 valence electrons. The molecule has 0 fully saturated rings. The number of para-hydroxylation sites is 2. The van der Waals surface area contributed by atoms with Gasteiger partial charge in [0, 0.05) is 18.5 Å². The van der Waals surface area contributed by atoms with Crippen LogP contribution in [0.25, 0.3) is 16.7 Å². The lowest BCUT2D eigenvalue weighted by atomic mass is 9.97. The Morgan fingerprint density at radius 2 is 1.67 bits per heavy atom. The molecule has 0 amide bonds. The number of hydrogen-bond acceptors (Lipinski definition) is 3. The van der Waals surface area contributed by atoms with Gasteiger partial charge in [-0.25, -0.2) is 4.98 Å². The molecule has 0 atom stereocenters. The molecule has 4 rings (SSSR count). The number of pyridine rings is 1. The summed E-state index contributed by atoms with van der Waals surface area (Å²) in [4.78, 5) is 4.85. The zero-order chi connectivity index (χ0) is 23.2. The van der Waals surface area contributed by atoms with E-state index in [0.29, 0.717) is 5.56 Å². The zero-order valence-electron chi connectivity index (χ0n) is 20.1. The van der Waals surface area contributed by atoms with E-state index in [4.69, 9.17) is 4.98 Å². The van der Waals surface area contributed by atoms with Crippen molar-refractivity contribution in [3.8, 4) is 6.07 Å². The SMILES string of the molecule is CCCCCCCCNc1c(Cc2ccc(C)cc2)c(C)c(C#N)c2nc3ccccc3n12. The van der Waals surface area contributed by atoms with Gasteiger partial charge in [0.25, 0.3) is 0 Å². The molecule has 0 radical (unpaired) electrons. The van der Waals surface area contributed by atoms with E-state index in [9.17, 15) is 5.26 Å². The number of aromatic nitrogens is 2. The molecule has 0 aliphatic carbocycles. The van der Waals surface area contributed by atoms with Crippen molar-refractivity contribution in [3.63, 3.8) is 0 Å². The van der Waals surface area contributed by atoms with Crippen molar-refractivity contribution in [1.29, 1.82) is 5.26 Å². The minimum absolute atomic E-state index is 0.665. The quantitative estimate of drug-likeness (QED) is 0.264. The number of rotatable bonds is 10. The van der Waals surface area contributed by atoms with Crippen LogP contribution in [-0.2, 0) is 6.42 Å². The summed E-state index contributed by atoms with van der Waals surface area (Å²) in [6.07, 6.45) is 8.37. The van der Waals surface area contributed by atoms with E-state index in [2.05, 4.69) is 66.9 Å². The molecule has 0 spiro atoms. The Morgan fingerprint density at radius 3 is 2.42 bits per heavy atom. The number of nitrogens with zero attached hydrogens (tertiary/aromatic N) is 3. The Balaban J connectivity index is 1.76. The highest BCUT2D eigenvalue weighted by molar-refractivity contribution is 5.86. The maximum absolute atomic E-state index is 10.1. The molecule has 0 aliphatic rings. The molecule has 33 heavy (non-hydrogen) atoms. The number of imidazole rings is 1. The Bertz CT molecular complexity index is 1280. The fraction of sp³-hybridized carbons (Fsp3) is 0.379. The van der Waals surface area contributed by atoms with Crippen LogP contribution in [0.2, 0.25) is 0 Å². The van der Waals surface area contributed by atoms with E-state index >= 15 is 0 Å². The minimum Gasteiger partial charge on any atom is -0.371 e. The second kappa shape index (κ2) is 10.5. The van der Waals surface area contributed by atoms with Crippen molar-refractivity contribution in [1.82, 2.24) is 9.38 Å². The maximum Gasteiger partial charge on any atom is 0.157 e. The highest BCUT2D eigenvalue weighted by atomic mass is 15.1. The normalized spacial score (nSPS) is 11.2. The van der Waals surface area contributed by atoms with Crippen LogP contribution in [0.4, 0.5) is 5.82 Å². The van der Waals surface area contributed by atoms with E-state index in [-0.39, 0.29) is 0 Å². The van der Waals surface area contributed by atoms with Gasteiger partial charge in [0.1, 0.15) is 11.9 Å². The molecule has 2 heterocycles. The summed E-state index contributed by atoms with van der Waals surface area (Å²) in [5.41, 5.74) is 8.07. The van der Waals surface area contributed by atoms with Crippen molar-refractivity contribution in [2.75, 3.05) is 11.9 Å². The predicted molar refractivity (Wildman–Crippen MR) is 138 cm³/mol. The second-order valence-corrected chi connectivity index (χ2v) is 9.06. The van der Waals surface area contributed by atoms with Crippen LogP contribution >= 0.6 is 0 Å². The van der Waals surface area contributed by atoms with Crippen LogP contribution < -0.4 is 5.32 Å². The molecule has 0 saturated heterocycles. The minimum atomic E-state index is 0.665. The Hall–Kier alpha value is -3.32. The number of hydrogen-bond donors (Lipinski definition) is 1. The number of aryl methyl sites for hydroxylation is 1. The first-order chi connectivity index (χ1) is 16.1.